The Bertz CT molecular complexity index is 386. The van der Waals surface area contributed by atoms with Crippen LogP contribution in [0, 0.1) is 5.92 Å². The van der Waals surface area contributed by atoms with Crippen molar-refractivity contribution in [3.63, 3.8) is 0 Å². The Labute approximate surface area is 108 Å². The molecule has 1 atom stereocenters. The zero-order chi connectivity index (χ0) is 11.9. The van der Waals surface area contributed by atoms with Gasteiger partial charge in [0.15, 0.2) is 0 Å². The molecule has 0 aromatic heterocycles. The summed E-state index contributed by atoms with van der Waals surface area (Å²) in [5.74, 6) is 0.430. The molecule has 0 aliphatic heterocycles. The number of allylic oxidation sites excluding steroid dienone is 1. The molecule has 0 saturated carbocycles. The van der Waals surface area contributed by atoms with Gasteiger partial charge in [-0.2, -0.15) is 0 Å². The van der Waals surface area contributed by atoms with Crippen LogP contribution in [0.4, 0.5) is 4.79 Å². The fourth-order valence-electron chi connectivity index (χ4n) is 1.81. The number of rotatable bonds is 4. The summed E-state index contributed by atoms with van der Waals surface area (Å²) in [7, 11) is 0. The van der Waals surface area contributed by atoms with Gasteiger partial charge >= 0.3 is 108 Å². The molecule has 3 heteroatoms. The van der Waals surface area contributed by atoms with Gasteiger partial charge in [-0.25, -0.2) is 0 Å². The monoisotopic (exact) mass is 296 g/mol. The molecule has 0 fully saturated rings. The first-order valence-electron chi connectivity index (χ1n) is 5.91. The summed E-state index contributed by atoms with van der Waals surface area (Å²) in [6.45, 7) is 0.546. The second-order valence-electron chi connectivity index (χ2n) is 4.10. The quantitative estimate of drug-likeness (QED) is 0.630. The summed E-state index contributed by atoms with van der Waals surface area (Å²) < 4.78 is 6.40. The van der Waals surface area contributed by atoms with Crippen LogP contribution in [0.3, 0.4) is 0 Å². The van der Waals surface area contributed by atoms with Gasteiger partial charge in [0.1, 0.15) is 0 Å². The summed E-state index contributed by atoms with van der Waals surface area (Å²) in [6.07, 6.45) is 7.87. The van der Waals surface area contributed by atoms with E-state index in [0.717, 1.165) is 10.9 Å². The Balaban J connectivity index is 1.74. The van der Waals surface area contributed by atoms with Gasteiger partial charge in [0.05, 0.1) is 0 Å². The minimum absolute atomic E-state index is 0.0670. The Morgan fingerprint density at radius 2 is 2.18 bits per heavy atom. The van der Waals surface area contributed by atoms with Crippen LogP contribution in [0.5, 0.6) is 0 Å². The SMILES string of the molecule is O=C(OCC1C=CCCC1)[Se]c1ccccc1. The third kappa shape index (κ3) is 4.37. The predicted octanol–water partition coefficient (Wildman–Crippen LogP) is 2.51. The number of carbonyl (C=O) groups excluding carboxylic acids is 1. The van der Waals surface area contributed by atoms with Crippen LogP contribution in [0.2, 0.25) is 0 Å². The fourth-order valence-corrected chi connectivity index (χ4v) is 3.10. The van der Waals surface area contributed by atoms with E-state index in [9.17, 15) is 4.79 Å². The van der Waals surface area contributed by atoms with E-state index in [1.807, 2.05) is 30.3 Å². The van der Waals surface area contributed by atoms with Crippen LogP contribution < -0.4 is 4.46 Å². The van der Waals surface area contributed by atoms with Crippen LogP contribution >= 0.6 is 0 Å². The second kappa shape index (κ2) is 6.63. The minimum atomic E-state index is -0.209. The Morgan fingerprint density at radius 1 is 1.35 bits per heavy atom. The number of hydrogen-bond donors (Lipinski definition) is 0. The molecule has 1 aromatic carbocycles. The number of ether oxygens (including phenoxy) is 1. The molecule has 0 heterocycles. The Kier molecular flexibility index (Phi) is 4.84. The first kappa shape index (κ1) is 12.4. The molecule has 0 saturated heterocycles. The maximum atomic E-state index is 11.6. The Morgan fingerprint density at radius 3 is 2.88 bits per heavy atom. The summed E-state index contributed by atoms with van der Waals surface area (Å²) in [6, 6.07) is 9.81. The molecule has 2 nitrogen and oxygen atoms in total. The van der Waals surface area contributed by atoms with Crippen molar-refractivity contribution >= 4 is 24.3 Å². The van der Waals surface area contributed by atoms with E-state index < -0.39 is 0 Å². The van der Waals surface area contributed by atoms with Crippen LogP contribution in [-0.2, 0) is 4.74 Å². The van der Waals surface area contributed by atoms with Crippen LogP contribution in [0.1, 0.15) is 19.3 Å². The van der Waals surface area contributed by atoms with Gasteiger partial charge in [0.25, 0.3) is 0 Å². The van der Waals surface area contributed by atoms with Gasteiger partial charge in [0, 0.05) is 0 Å². The number of benzene rings is 1. The van der Waals surface area contributed by atoms with Crippen LogP contribution in [-0.4, -0.2) is 26.4 Å². The van der Waals surface area contributed by atoms with Crippen molar-refractivity contribution in [3.8, 4) is 0 Å². The fraction of sp³-hybridized carbons (Fsp3) is 0.357. The molecule has 0 amide bonds. The molecule has 90 valence electrons. The Hall–Kier alpha value is -1.05. The molecule has 17 heavy (non-hydrogen) atoms. The van der Waals surface area contributed by atoms with Crippen LogP contribution in [0.25, 0.3) is 0 Å². The van der Waals surface area contributed by atoms with E-state index in [1.54, 1.807) is 0 Å². The zero-order valence-corrected chi connectivity index (χ0v) is 11.4. The molecular formula is C14H16O2Se. The third-order valence-corrected chi connectivity index (χ3v) is 4.38. The number of carbonyl (C=O) groups is 1. The van der Waals surface area contributed by atoms with E-state index in [2.05, 4.69) is 12.2 Å². The van der Waals surface area contributed by atoms with E-state index in [1.165, 1.54) is 12.8 Å². The summed E-state index contributed by atoms with van der Waals surface area (Å²) >= 11 is -0.209. The molecule has 1 aromatic rings. The standard InChI is InChI=1S/C14H16O2Se/c15-14(17-13-9-5-2-6-10-13)16-11-12-7-3-1-4-8-12/h2-3,5-7,9-10,12H,1,4,8,11H2. The van der Waals surface area contributed by atoms with Gasteiger partial charge < -0.3 is 0 Å². The van der Waals surface area contributed by atoms with Crippen molar-refractivity contribution in [2.75, 3.05) is 6.61 Å². The molecular weight excluding hydrogens is 279 g/mol. The molecule has 0 N–H and O–H groups in total. The maximum absolute atomic E-state index is 11.6. The van der Waals surface area contributed by atoms with Gasteiger partial charge in [-0.1, -0.05) is 0 Å². The van der Waals surface area contributed by atoms with E-state index in [-0.39, 0.29) is 19.8 Å². The van der Waals surface area contributed by atoms with Crippen molar-refractivity contribution in [3.05, 3.63) is 42.5 Å². The molecule has 0 bridgehead atoms. The second-order valence-corrected chi connectivity index (χ2v) is 6.21. The number of hydrogen-bond acceptors (Lipinski definition) is 2. The zero-order valence-electron chi connectivity index (χ0n) is 9.67. The van der Waals surface area contributed by atoms with Crippen molar-refractivity contribution in [2.45, 2.75) is 19.3 Å². The van der Waals surface area contributed by atoms with Crippen molar-refractivity contribution < 1.29 is 9.53 Å². The first-order valence-corrected chi connectivity index (χ1v) is 7.62. The molecule has 1 aliphatic carbocycles. The van der Waals surface area contributed by atoms with Gasteiger partial charge in [0.2, 0.25) is 0 Å². The molecule has 0 radical (unpaired) electrons. The summed E-state index contributed by atoms with van der Waals surface area (Å²) in [5, 5.41) is 0. The molecule has 1 unspecified atom stereocenters. The molecule has 1 aliphatic rings. The molecule has 0 spiro atoms. The average Bonchev–Trinajstić information content (AvgIpc) is 2.39. The average molecular weight is 295 g/mol. The van der Waals surface area contributed by atoms with Crippen molar-refractivity contribution in [1.29, 1.82) is 0 Å². The normalized spacial score (nSPS) is 18.9. The van der Waals surface area contributed by atoms with Gasteiger partial charge in [-0.05, 0) is 0 Å². The van der Waals surface area contributed by atoms with Crippen LogP contribution in [0.15, 0.2) is 42.5 Å². The van der Waals surface area contributed by atoms with Crippen molar-refractivity contribution in [1.82, 2.24) is 0 Å². The summed E-state index contributed by atoms with van der Waals surface area (Å²) in [5.41, 5.74) is 0. The van der Waals surface area contributed by atoms with Gasteiger partial charge in [-0.15, -0.1) is 0 Å². The van der Waals surface area contributed by atoms with E-state index in [4.69, 9.17) is 4.74 Å². The third-order valence-electron chi connectivity index (χ3n) is 2.71. The molecule has 2 rings (SSSR count). The predicted molar refractivity (Wildman–Crippen MR) is 69.7 cm³/mol. The topological polar surface area (TPSA) is 26.3 Å². The first-order chi connectivity index (χ1) is 8.34. The van der Waals surface area contributed by atoms with E-state index >= 15 is 0 Å². The van der Waals surface area contributed by atoms with Gasteiger partial charge in [-0.3, -0.25) is 0 Å². The van der Waals surface area contributed by atoms with E-state index in [0.29, 0.717) is 12.5 Å². The summed E-state index contributed by atoms with van der Waals surface area (Å²) in [4.78, 5) is 11.6. The van der Waals surface area contributed by atoms with Crippen molar-refractivity contribution in [2.24, 2.45) is 5.92 Å².